The molecule has 1 aromatic heterocycles. The first kappa shape index (κ1) is 29.2. The molecule has 214 valence electrons. The van der Waals surface area contributed by atoms with Crippen LogP contribution in [0.3, 0.4) is 0 Å². The molecule has 3 aromatic rings. The molecule has 0 radical (unpaired) electrons. The maximum Gasteiger partial charge on any atom is 0.264 e. The molecule has 0 unspecified atom stereocenters. The predicted octanol–water partition coefficient (Wildman–Crippen LogP) is 3.65. The van der Waals surface area contributed by atoms with Crippen LogP contribution in [-0.4, -0.2) is 74.5 Å². The standard InChI is InChI=1S/C29H36N4O6S/c1-29(2,3)40(36,37)31-28(35)20-6-8-23(9-7-20)33-12-10-32(11-13-33)19-25-26(38-4)15-21(16-27(25)39-5)22-14-24(34)18-30-17-22/h6-9,14-18,34H,10-13,19H2,1-5H3,(H,31,35). The van der Waals surface area contributed by atoms with Gasteiger partial charge in [-0.3, -0.25) is 14.7 Å². The topological polar surface area (TPSA) is 121 Å². The van der Waals surface area contributed by atoms with Crippen LogP contribution in [0.5, 0.6) is 17.2 Å². The minimum Gasteiger partial charge on any atom is -0.506 e. The number of sulfonamides is 1. The van der Waals surface area contributed by atoms with Crippen molar-refractivity contribution >= 4 is 21.6 Å². The molecule has 1 fully saturated rings. The van der Waals surface area contributed by atoms with Gasteiger partial charge in [0.1, 0.15) is 17.2 Å². The lowest BCUT2D eigenvalue weighted by atomic mass is 10.0. The Kier molecular flexibility index (Phi) is 8.55. The number of nitrogens with zero attached hydrogens (tertiary/aromatic N) is 3. The molecule has 0 spiro atoms. The lowest BCUT2D eigenvalue weighted by Crippen LogP contribution is -2.46. The molecule has 0 saturated carbocycles. The van der Waals surface area contributed by atoms with Crippen LogP contribution in [0.4, 0.5) is 5.69 Å². The van der Waals surface area contributed by atoms with E-state index in [2.05, 4.69) is 19.5 Å². The second kappa shape index (κ2) is 11.7. The van der Waals surface area contributed by atoms with Crippen LogP contribution in [0.1, 0.15) is 36.7 Å². The Morgan fingerprint density at radius 3 is 2.08 bits per heavy atom. The van der Waals surface area contributed by atoms with Gasteiger partial charge in [-0.15, -0.1) is 0 Å². The van der Waals surface area contributed by atoms with Gasteiger partial charge in [0.2, 0.25) is 10.0 Å². The minimum absolute atomic E-state index is 0.0868. The van der Waals surface area contributed by atoms with E-state index in [1.807, 2.05) is 24.3 Å². The molecule has 40 heavy (non-hydrogen) atoms. The van der Waals surface area contributed by atoms with Gasteiger partial charge in [0.05, 0.1) is 30.7 Å². The van der Waals surface area contributed by atoms with E-state index in [9.17, 15) is 18.3 Å². The Labute approximate surface area is 235 Å². The molecular formula is C29H36N4O6S. The summed E-state index contributed by atoms with van der Waals surface area (Å²) in [4.78, 5) is 21.1. The molecule has 2 aromatic carbocycles. The number of aromatic hydroxyl groups is 1. The molecule has 1 aliphatic rings. The Morgan fingerprint density at radius 1 is 0.950 bits per heavy atom. The Bertz CT molecular complexity index is 1440. The van der Waals surface area contributed by atoms with Crippen LogP contribution in [0.2, 0.25) is 0 Å². The summed E-state index contributed by atoms with van der Waals surface area (Å²) in [6.45, 7) is 8.43. The Balaban J connectivity index is 1.41. The average molecular weight is 569 g/mol. The number of carbonyl (C=O) groups is 1. The van der Waals surface area contributed by atoms with Gasteiger partial charge in [0, 0.05) is 55.7 Å². The van der Waals surface area contributed by atoms with Crippen molar-refractivity contribution in [1.82, 2.24) is 14.6 Å². The molecule has 1 amide bonds. The van der Waals surface area contributed by atoms with Crippen molar-refractivity contribution in [1.29, 1.82) is 0 Å². The van der Waals surface area contributed by atoms with E-state index in [-0.39, 0.29) is 5.75 Å². The van der Waals surface area contributed by atoms with Crippen molar-refractivity contribution < 1.29 is 27.8 Å². The van der Waals surface area contributed by atoms with E-state index in [1.54, 1.807) is 59.4 Å². The summed E-state index contributed by atoms with van der Waals surface area (Å²) in [5.41, 5.74) is 3.79. The molecule has 1 saturated heterocycles. The summed E-state index contributed by atoms with van der Waals surface area (Å²) < 4.78 is 37.1. The number of aromatic nitrogens is 1. The Hall–Kier alpha value is -3.83. The Morgan fingerprint density at radius 2 is 1.55 bits per heavy atom. The first-order valence-electron chi connectivity index (χ1n) is 12.9. The third-order valence-corrected chi connectivity index (χ3v) is 9.01. The zero-order valence-electron chi connectivity index (χ0n) is 23.5. The fourth-order valence-corrected chi connectivity index (χ4v) is 5.11. The SMILES string of the molecule is COc1cc(-c2cncc(O)c2)cc(OC)c1CN1CCN(c2ccc(C(=O)NS(=O)(=O)C(C)(C)C)cc2)CC1. The highest BCUT2D eigenvalue weighted by molar-refractivity contribution is 7.91. The molecule has 2 heterocycles. The van der Waals surface area contributed by atoms with E-state index in [0.29, 0.717) is 23.6 Å². The maximum atomic E-state index is 12.5. The summed E-state index contributed by atoms with van der Waals surface area (Å²) >= 11 is 0. The maximum absolute atomic E-state index is 12.5. The van der Waals surface area contributed by atoms with Gasteiger partial charge in [-0.1, -0.05) is 0 Å². The average Bonchev–Trinajstić information content (AvgIpc) is 2.92. The number of piperazine rings is 1. The second-order valence-electron chi connectivity index (χ2n) is 10.6. The first-order chi connectivity index (χ1) is 18.9. The van der Waals surface area contributed by atoms with Gasteiger partial charge >= 0.3 is 0 Å². The van der Waals surface area contributed by atoms with Crippen LogP contribution in [0.25, 0.3) is 11.1 Å². The largest absolute Gasteiger partial charge is 0.506 e. The third-order valence-electron chi connectivity index (χ3n) is 6.95. The lowest BCUT2D eigenvalue weighted by molar-refractivity contribution is 0.0980. The number of benzene rings is 2. The molecule has 0 aliphatic carbocycles. The smallest absolute Gasteiger partial charge is 0.264 e. The second-order valence-corrected chi connectivity index (χ2v) is 13.1. The van der Waals surface area contributed by atoms with Crippen molar-refractivity contribution in [2.24, 2.45) is 0 Å². The highest BCUT2D eigenvalue weighted by atomic mass is 32.2. The molecule has 0 bridgehead atoms. The monoisotopic (exact) mass is 568 g/mol. The summed E-state index contributed by atoms with van der Waals surface area (Å²) in [7, 11) is -0.526. The van der Waals surface area contributed by atoms with Crippen LogP contribution in [-0.2, 0) is 16.6 Å². The number of nitrogens with one attached hydrogen (secondary N) is 1. The number of amides is 1. The van der Waals surface area contributed by atoms with E-state index in [4.69, 9.17) is 9.47 Å². The van der Waals surface area contributed by atoms with Gasteiger partial charge in [0.25, 0.3) is 5.91 Å². The minimum atomic E-state index is -3.78. The van der Waals surface area contributed by atoms with Gasteiger partial charge in [-0.2, -0.15) is 0 Å². The summed E-state index contributed by atoms with van der Waals surface area (Å²) in [6, 6.07) is 12.5. The van der Waals surface area contributed by atoms with Crippen LogP contribution in [0.15, 0.2) is 54.9 Å². The lowest BCUT2D eigenvalue weighted by Gasteiger charge is -2.36. The molecular weight excluding hydrogens is 532 g/mol. The van der Waals surface area contributed by atoms with E-state index >= 15 is 0 Å². The van der Waals surface area contributed by atoms with E-state index in [1.165, 1.54) is 6.20 Å². The van der Waals surface area contributed by atoms with Gasteiger partial charge in [-0.25, -0.2) is 13.1 Å². The van der Waals surface area contributed by atoms with Gasteiger partial charge in [0.15, 0.2) is 0 Å². The predicted molar refractivity (Wildman–Crippen MR) is 155 cm³/mol. The highest BCUT2D eigenvalue weighted by Crippen LogP contribution is 2.36. The van der Waals surface area contributed by atoms with Crippen molar-refractivity contribution in [2.45, 2.75) is 32.1 Å². The van der Waals surface area contributed by atoms with Crippen LogP contribution in [0, 0.1) is 0 Å². The fourth-order valence-electron chi connectivity index (χ4n) is 4.44. The molecule has 11 heteroatoms. The summed E-state index contributed by atoms with van der Waals surface area (Å²) in [6.07, 6.45) is 3.07. The van der Waals surface area contributed by atoms with Crippen LogP contribution >= 0.6 is 0 Å². The number of rotatable bonds is 8. The van der Waals surface area contributed by atoms with Crippen molar-refractivity contribution in [3.63, 3.8) is 0 Å². The molecule has 0 atom stereocenters. The molecule has 4 rings (SSSR count). The fraction of sp³-hybridized carbons (Fsp3) is 0.379. The molecule has 10 nitrogen and oxygen atoms in total. The summed E-state index contributed by atoms with van der Waals surface area (Å²) in [5.74, 6) is 0.842. The highest BCUT2D eigenvalue weighted by Gasteiger charge is 2.31. The summed E-state index contributed by atoms with van der Waals surface area (Å²) in [5, 5.41) is 9.83. The number of pyridine rings is 1. The van der Waals surface area contributed by atoms with Crippen LogP contribution < -0.4 is 19.1 Å². The number of hydrogen-bond donors (Lipinski definition) is 2. The zero-order valence-corrected chi connectivity index (χ0v) is 24.3. The zero-order chi connectivity index (χ0) is 29.1. The number of anilines is 1. The van der Waals surface area contributed by atoms with Crippen molar-refractivity contribution in [3.8, 4) is 28.4 Å². The molecule has 2 N–H and O–H groups in total. The molecule has 1 aliphatic heterocycles. The first-order valence-corrected chi connectivity index (χ1v) is 14.4. The van der Waals surface area contributed by atoms with E-state index < -0.39 is 20.7 Å². The number of methoxy groups -OCH3 is 2. The third kappa shape index (κ3) is 6.48. The van der Waals surface area contributed by atoms with E-state index in [0.717, 1.165) is 48.6 Å². The van der Waals surface area contributed by atoms with Crippen molar-refractivity contribution in [2.75, 3.05) is 45.3 Å². The van der Waals surface area contributed by atoms with Gasteiger partial charge < -0.3 is 19.5 Å². The van der Waals surface area contributed by atoms with Gasteiger partial charge in [-0.05, 0) is 68.8 Å². The number of hydrogen-bond acceptors (Lipinski definition) is 9. The number of carbonyl (C=O) groups excluding carboxylic acids is 1. The quantitative estimate of drug-likeness (QED) is 0.419. The normalized spacial score (nSPS) is 14.6. The van der Waals surface area contributed by atoms with Crippen molar-refractivity contribution in [3.05, 3.63) is 66.0 Å². The number of ether oxygens (including phenoxy) is 2.